The van der Waals surface area contributed by atoms with Gasteiger partial charge in [0.05, 0.1) is 5.69 Å². The Hall–Kier alpha value is -1.40. The van der Waals surface area contributed by atoms with Crippen LogP contribution in [0.15, 0.2) is 35.7 Å². The van der Waals surface area contributed by atoms with Gasteiger partial charge in [-0.05, 0) is 18.6 Å². The van der Waals surface area contributed by atoms with E-state index in [1.54, 1.807) is 0 Å². The van der Waals surface area contributed by atoms with Gasteiger partial charge in [-0.25, -0.2) is 12.8 Å². The topological polar surface area (TPSA) is 63.4 Å². The fourth-order valence-electron chi connectivity index (χ4n) is 1.58. The van der Waals surface area contributed by atoms with Gasteiger partial charge in [-0.15, -0.1) is 6.58 Å². The van der Waals surface area contributed by atoms with Crippen molar-refractivity contribution in [2.45, 2.75) is 18.2 Å². The normalized spacial score (nSPS) is 11.7. The Kier molecular flexibility index (Phi) is 4.86. The van der Waals surface area contributed by atoms with Gasteiger partial charge in [-0.1, -0.05) is 19.1 Å². The quantitative estimate of drug-likeness (QED) is 0.636. The molecular formula is C12H17FN2O2S. The fraction of sp³-hybridized carbons (Fsp3) is 0.333. The van der Waals surface area contributed by atoms with Crippen LogP contribution in [0.5, 0.6) is 0 Å². The number of hydrogen-bond donors (Lipinski definition) is 1. The number of anilines is 1. The van der Waals surface area contributed by atoms with Gasteiger partial charge in [-0.2, -0.15) is 4.31 Å². The molecule has 0 unspecified atom stereocenters. The third kappa shape index (κ3) is 2.88. The molecule has 0 bridgehead atoms. The van der Waals surface area contributed by atoms with Gasteiger partial charge in [0, 0.05) is 13.1 Å². The molecule has 0 atom stereocenters. The molecule has 0 fully saturated rings. The summed E-state index contributed by atoms with van der Waals surface area (Å²) in [5, 5.41) is 0. The lowest BCUT2D eigenvalue weighted by Gasteiger charge is -2.20. The summed E-state index contributed by atoms with van der Waals surface area (Å²) in [5.74, 6) is -0.730. The first-order chi connectivity index (χ1) is 8.45. The third-order valence-corrected chi connectivity index (χ3v) is 4.36. The molecule has 0 aromatic heterocycles. The van der Waals surface area contributed by atoms with Crippen molar-refractivity contribution < 1.29 is 12.8 Å². The molecule has 100 valence electrons. The second-order valence-electron chi connectivity index (χ2n) is 3.80. The van der Waals surface area contributed by atoms with E-state index in [0.29, 0.717) is 13.0 Å². The van der Waals surface area contributed by atoms with Crippen molar-refractivity contribution >= 4 is 15.7 Å². The second kappa shape index (κ2) is 5.97. The van der Waals surface area contributed by atoms with E-state index in [4.69, 9.17) is 5.73 Å². The maximum Gasteiger partial charge on any atom is 0.245 e. The van der Waals surface area contributed by atoms with E-state index >= 15 is 0 Å². The summed E-state index contributed by atoms with van der Waals surface area (Å²) in [5.41, 5.74) is 5.15. The van der Waals surface area contributed by atoms with Gasteiger partial charge in [0.25, 0.3) is 0 Å². The van der Waals surface area contributed by atoms with Gasteiger partial charge in [0.1, 0.15) is 10.7 Å². The molecule has 18 heavy (non-hydrogen) atoms. The van der Waals surface area contributed by atoms with Crippen LogP contribution in [0.2, 0.25) is 0 Å². The van der Waals surface area contributed by atoms with E-state index in [-0.39, 0.29) is 17.1 Å². The zero-order valence-electron chi connectivity index (χ0n) is 10.3. The molecule has 0 radical (unpaired) electrons. The maximum absolute atomic E-state index is 13.3. The molecule has 0 aliphatic carbocycles. The van der Waals surface area contributed by atoms with Crippen LogP contribution < -0.4 is 5.73 Å². The van der Waals surface area contributed by atoms with Gasteiger partial charge in [0.2, 0.25) is 10.0 Å². The highest BCUT2D eigenvalue weighted by Gasteiger charge is 2.25. The minimum Gasteiger partial charge on any atom is -0.395 e. The van der Waals surface area contributed by atoms with Crippen LogP contribution >= 0.6 is 0 Å². The minimum absolute atomic E-state index is 0.173. The third-order valence-electron chi connectivity index (χ3n) is 2.44. The Bertz CT molecular complexity index is 529. The number of para-hydroxylation sites is 1. The van der Waals surface area contributed by atoms with Crippen molar-refractivity contribution in [1.29, 1.82) is 0 Å². The summed E-state index contributed by atoms with van der Waals surface area (Å²) < 4.78 is 39.2. The Labute approximate surface area is 107 Å². The van der Waals surface area contributed by atoms with E-state index in [9.17, 15) is 12.8 Å². The zero-order valence-corrected chi connectivity index (χ0v) is 11.1. The number of nitrogens with zero attached hydrogens (tertiary/aromatic N) is 1. The Morgan fingerprint density at radius 2 is 2.17 bits per heavy atom. The van der Waals surface area contributed by atoms with Crippen LogP contribution in [0.1, 0.15) is 13.3 Å². The molecule has 0 aliphatic rings. The van der Waals surface area contributed by atoms with Crippen LogP contribution in [0.3, 0.4) is 0 Å². The number of hydrogen-bond acceptors (Lipinski definition) is 3. The lowest BCUT2D eigenvalue weighted by Crippen LogP contribution is -2.32. The van der Waals surface area contributed by atoms with Crippen molar-refractivity contribution in [3.8, 4) is 0 Å². The first kappa shape index (κ1) is 14.7. The highest BCUT2D eigenvalue weighted by molar-refractivity contribution is 7.89. The number of sulfonamides is 1. The predicted octanol–water partition coefficient (Wildman–Crippen LogP) is 1.99. The van der Waals surface area contributed by atoms with Crippen LogP contribution in [-0.4, -0.2) is 25.8 Å². The monoisotopic (exact) mass is 272 g/mol. The van der Waals surface area contributed by atoms with Crippen LogP contribution in [0.25, 0.3) is 0 Å². The molecule has 0 heterocycles. The van der Waals surface area contributed by atoms with Gasteiger partial charge < -0.3 is 5.73 Å². The Morgan fingerprint density at radius 1 is 1.50 bits per heavy atom. The molecule has 0 aliphatic heterocycles. The smallest absolute Gasteiger partial charge is 0.245 e. The van der Waals surface area contributed by atoms with Crippen molar-refractivity contribution in [3.63, 3.8) is 0 Å². The Balaban J connectivity index is 3.26. The minimum atomic E-state index is -3.78. The average molecular weight is 272 g/mol. The van der Waals surface area contributed by atoms with Crippen LogP contribution in [0, 0.1) is 5.82 Å². The van der Waals surface area contributed by atoms with E-state index in [2.05, 4.69) is 6.58 Å². The molecular weight excluding hydrogens is 255 g/mol. The largest absolute Gasteiger partial charge is 0.395 e. The van der Waals surface area contributed by atoms with Crippen LogP contribution in [-0.2, 0) is 10.0 Å². The first-order valence-electron chi connectivity index (χ1n) is 5.60. The standard InChI is InChI=1S/C12H17FN2O2S/c1-3-8-15(9-4-2)18(16,17)11-7-5-6-10(13)12(11)14/h3,5-7H,1,4,8-9,14H2,2H3. The molecule has 1 rings (SSSR count). The summed E-state index contributed by atoms with van der Waals surface area (Å²) in [7, 11) is -3.78. The van der Waals surface area contributed by atoms with Crippen molar-refractivity contribution in [2.75, 3.05) is 18.8 Å². The summed E-state index contributed by atoms with van der Waals surface area (Å²) in [6.45, 7) is 5.89. The van der Waals surface area contributed by atoms with Gasteiger partial charge in [0.15, 0.2) is 0 Å². The number of benzene rings is 1. The maximum atomic E-state index is 13.3. The van der Waals surface area contributed by atoms with Gasteiger partial charge in [-0.3, -0.25) is 0 Å². The second-order valence-corrected chi connectivity index (χ2v) is 5.71. The number of nitrogen functional groups attached to an aromatic ring is 1. The van der Waals surface area contributed by atoms with Crippen LogP contribution in [0.4, 0.5) is 10.1 Å². The predicted molar refractivity (Wildman–Crippen MR) is 70.1 cm³/mol. The van der Waals surface area contributed by atoms with Crippen molar-refractivity contribution in [1.82, 2.24) is 4.31 Å². The van der Waals surface area contributed by atoms with E-state index < -0.39 is 15.8 Å². The molecule has 0 saturated heterocycles. The molecule has 0 amide bonds. The van der Waals surface area contributed by atoms with E-state index in [1.807, 2.05) is 6.92 Å². The lowest BCUT2D eigenvalue weighted by atomic mass is 10.3. The van der Waals surface area contributed by atoms with Crippen molar-refractivity contribution in [3.05, 3.63) is 36.7 Å². The number of nitrogens with two attached hydrogens (primary N) is 1. The molecule has 1 aromatic carbocycles. The van der Waals surface area contributed by atoms with E-state index in [0.717, 1.165) is 6.07 Å². The average Bonchev–Trinajstić information content (AvgIpc) is 2.32. The highest BCUT2D eigenvalue weighted by Crippen LogP contribution is 2.24. The molecule has 4 nitrogen and oxygen atoms in total. The summed E-state index contributed by atoms with van der Waals surface area (Å²) in [6, 6.07) is 3.77. The van der Waals surface area contributed by atoms with Crippen molar-refractivity contribution in [2.24, 2.45) is 0 Å². The number of halogens is 1. The highest BCUT2D eigenvalue weighted by atomic mass is 32.2. The SMILES string of the molecule is C=CCN(CCC)S(=O)(=O)c1cccc(F)c1N. The molecule has 1 aromatic rings. The summed E-state index contributed by atoms with van der Waals surface area (Å²) in [6.07, 6.45) is 2.14. The fourth-order valence-corrected chi connectivity index (χ4v) is 3.21. The summed E-state index contributed by atoms with van der Waals surface area (Å²) >= 11 is 0. The zero-order chi connectivity index (χ0) is 13.8. The molecule has 0 saturated carbocycles. The lowest BCUT2D eigenvalue weighted by molar-refractivity contribution is 0.441. The number of rotatable bonds is 6. The molecule has 0 spiro atoms. The Morgan fingerprint density at radius 3 is 2.72 bits per heavy atom. The summed E-state index contributed by atoms with van der Waals surface area (Å²) in [4.78, 5) is -0.196. The van der Waals surface area contributed by atoms with Gasteiger partial charge >= 0.3 is 0 Å². The molecule has 2 N–H and O–H groups in total. The first-order valence-corrected chi connectivity index (χ1v) is 7.04. The molecule has 6 heteroatoms. The van der Waals surface area contributed by atoms with E-state index in [1.165, 1.54) is 22.5 Å².